The summed E-state index contributed by atoms with van der Waals surface area (Å²) < 4.78 is 28.5. The Hall–Kier alpha value is -2.76. The third-order valence-corrected chi connectivity index (χ3v) is 3.23. The quantitative estimate of drug-likeness (QED) is 0.787. The highest BCUT2D eigenvalue weighted by Crippen LogP contribution is 2.28. The highest BCUT2D eigenvalue weighted by molar-refractivity contribution is 5.71. The summed E-state index contributed by atoms with van der Waals surface area (Å²) in [5, 5.41) is 7.83. The number of nitrogens with zero attached hydrogens (tertiary/aromatic N) is 3. The fourth-order valence-electron chi connectivity index (χ4n) is 2.14. The molecule has 21 heavy (non-hydrogen) atoms. The van der Waals surface area contributed by atoms with Gasteiger partial charge in [-0.25, -0.2) is 8.78 Å². The lowest BCUT2D eigenvalue weighted by Gasteiger charge is -2.07. The number of hydrogen-bond donors (Lipinski definition) is 1. The summed E-state index contributed by atoms with van der Waals surface area (Å²) in [4.78, 5) is 0. The minimum absolute atomic E-state index is 0.00710. The van der Waals surface area contributed by atoms with E-state index in [0.717, 1.165) is 29.4 Å². The molecule has 3 rings (SSSR count). The average molecular weight is 286 g/mol. The summed E-state index contributed by atoms with van der Waals surface area (Å²) in [7, 11) is 0. The van der Waals surface area contributed by atoms with Crippen molar-refractivity contribution in [3.63, 3.8) is 0 Å². The van der Waals surface area contributed by atoms with Crippen molar-refractivity contribution in [1.82, 2.24) is 15.0 Å². The number of hydrogen-bond acceptors (Lipinski definition) is 3. The summed E-state index contributed by atoms with van der Waals surface area (Å²) in [5.74, 6) is -0.995. The van der Waals surface area contributed by atoms with Gasteiger partial charge < -0.3 is 5.73 Å². The summed E-state index contributed by atoms with van der Waals surface area (Å²) in [6.45, 7) is 1.90. The molecule has 0 aliphatic carbocycles. The van der Waals surface area contributed by atoms with Crippen molar-refractivity contribution in [3.05, 3.63) is 59.7 Å². The van der Waals surface area contributed by atoms with Crippen molar-refractivity contribution in [2.24, 2.45) is 0 Å². The Morgan fingerprint density at radius 3 is 2.62 bits per heavy atom. The van der Waals surface area contributed by atoms with Gasteiger partial charge in [-0.2, -0.15) is 4.68 Å². The largest absolute Gasteiger partial charge is 0.382 e. The maximum atomic E-state index is 13.8. The third kappa shape index (κ3) is 2.24. The van der Waals surface area contributed by atoms with Gasteiger partial charge in [0.15, 0.2) is 5.82 Å². The Labute approximate surface area is 119 Å². The zero-order valence-electron chi connectivity index (χ0n) is 11.2. The van der Waals surface area contributed by atoms with E-state index in [-0.39, 0.29) is 17.1 Å². The molecule has 1 aromatic heterocycles. The van der Waals surface area contributed by atoms with Crippen LogP contribution in [-0.4, -0.2) is 15.0 Å². The molecule has 0 radical (unpaired) electrons. The molecule has 0 saturated heterocycles. The van der Waals surface area contributed by atoms with E-state index in [0.29, 0.717) is 0 Å². The lowest BCUT2D eigenvalue weighted by molar-refractivity contribution is 0.602. The summed E-state index contributed by atoms with van der Waals surface area (Å²) in [5.41, 5.74) is 7.80. The fraction of sp³-hybridized carbons (Fsp3) is 0.0667. The van der Waals surface area contributed by atoms with E-state index in [9.17, 15) is 8.78 Å². The second kappa shape index (κ2) is 4.97. The number of rotatable bonds is 2. The Morgan fingerprint density at radius 2 is 1.86 bits per heavy atom. The molecule has 6 heteroatoms. The molecule has 3 aromatic rings. The first-order valence-electron chi connectivity index (χ1n) is 6.30. The van der Waals surface area contributed by atoms with Crippen LogP contribution in [0, 0.1) is 18.6 Å². The first-order chi connectivity index (χ1) is 10.1. The fourth-order valence-corrected chi connectivity index (χ4v) is 2.14. The minimum atomic E-state index is -0.597. The molecular weight excluding hydrogens is 274 g/mol. The zero-order chi connectivity index (χ0) is 15.0. The molecule has 2 N–H and O–H groups in total. The number of anilines is 1. The highest BCUT2D eigenvalue weighted by Gasteiger charge is 2.17. The SMILES string of the molecule is Cc1ccccc1-n1nnc(-c2cc(F)ccc2F)c1N. The van der Waals surface area contributed by atoms with Crippen molar-refractivity contribution < 1.29 is 8.78 Å². The maximum absolute atomic E-state index is 13.8. The number of halogens is 2. The Kier molecular flexibility index (Phi) is 3.13. The molecule has 4 nitrogen and oxygen atoms in total. The molecule has 2 aromatic carbocycles. The normalized spacial score (nSPS) is 10.8. The molecule has 0 fully saturated rings. The van der Waals surface area contributed by atoms with Crippen LogP contribution in [-0.2, 0) is 0 Å². The summed E-state index contributed by atoms with van der Waals surface area (Å²) in [6, 6.07) is 10.6. The lowest BCUT2D eigenvalue weighted by atomic mass is 10.1. The molecule has 0 saturated carbocycles. The summed E-state index contributed by atoms with van der Waals surface area (Å²) >= 11 is 0. The van der Waals surface area contributed by atoms with Gasteiger partial charge >= 0.3 is 0 Å². The molecule has 1 heterocycles. The van der Waals surface area contributed by atoms with Crippen LogP contribution in [0.3, 0.4) is 0 Å². The first-order valence-corrected chi connectivity index (χ1v) is 6.30. The van der Waals surface area contributed by atoms with Crippen LogP contribution >= 0.6 is 0 Å². The number of benzene rings is 2. The van der Waals surface area contributed by atoms with Gasteiger partial charge in [0.05, 0.1) is 5.69 Å². The third-order valence-electron chi connectivity index (χ3n) is 3.23. The van der Waals surface area contributed by atoms with Gasteiger partial charge in [-0.3, -0.25) is 0 Å². The number of aryl methyl sites for hydroxylation is 1. The van der Waals surface area contributed by atoms with Crippen LogP contribution in [0.15, 0.2) is 42.5 Å². The monoisotopic (exact) mass is 286 g/mol. The lowest BCUT2D eigenvalue weighted by Crippen LogP contribution is -2.04. The van der Waals surface area contributed by atoms with E-state index in [1.165, 1.54) is 4.68 Å². The van der Waals surface area contributed by atoms with Gasteiger partial charge in [-0.05, 0) is 36.8 Å². The van der Waals surface area contributed by atoms with E-state index in [4.69, 9.17) is 5.73 Å². The highest BCUT2D eigenvalue weighted by atomic mass is 19.1. The van der Waals surface area contributed by atoms with Gasteiger partial charge in [0.25, 0.3) is 0 Å². The Balaban J connectivity index is 2.16. The topological polar surface area (TPSA) is 56.7 Å². The van der Waals surface area contributed by atoms with Crippen molar-refractivity contribution in [2.45, 2.75) is 6.92 Å². The molecular formula is C15H12F2N4. The van der Waals surface area contributed by atoms with Gasteiger partial charge in [0, 0.05) is 5.56 Å². The molecule has 0 bridgehead atoms. The van der Waals surface area contributed by atoms with Crippen LogP contribution in [0.1, 0.15) is 5.56 Å². The molecule has 0 amide bonds. The van der Waals surface area contributed by atoms with Crippen molar-refractivity contribution in [2.75, 3.05) is 5.73 Å². The van der Waals surface area contributed by atoms with Gasteiger partial charge in [-0.15, -0.1) is 5.10 Å². The van der Waals surface area contributed by atoms with Crippen LogP contribution < -0.4 is 5.73 Å². The van der Waals surface area contributed by atoms with E-state index in [2.05, 4.69) is 10.3 Å². The van der Waals surface area contributed by atoms with Gasteiger partial charge in [0.1, 0.15) is 17.3 Å². The van der Waals surface area contributed by atoms with Crippen molar-refractivity contribution >= 4 is 5.82 Å². The smallest absolute Gasteiger partial charge is 0.156 e. The van der Waals surface area contributed by atoms with Crippen molar-refractivity contribution in [3.8, 4) is 16.9 Å². The van der Waals surface area contributed by atoms with E-state index in [1.54, 1.807) is 0 Å². The van der Waals surface area contributed by atoms with E-state index in [1.807, 2.05) is 31.2 Å². The molecule has 0 unspecified atom stereocenters. The number of nitrogen functional groups attached to an aromatic ring is 1. The standard InChI is InChI=1S/C15H12F2N4/c1-9-4-2-3-5-13(9)21-15(18)14(19-20-21)11-8-10(16)6-7-12(11)17/h2-8H,18H2,1H3. The number of nitrogens with two attached hydrogens (primary N) is 1. The molecule has 0 atom stereocenters. The van der Waals surface area contributed by atoms with Gasteiger partial charge in [0.2, 0.25) is 0 Å². The number of para-hydroxylation sites is 1. The minimum Gasteiger partial charge on any atom is -0.382 e. The van der Waals surface area contributed by atoms with Crippen LogP contribution in [0.2, 0.25) is 0 Å². The van der Waals surface area contributed by atoms with E-state index >= 15 is 0 Å². The molecule has 0 aliphatic heterocycles. The number of aromatic nitrogens is 3. The molecule has 106 valence electrons. The maximum Gasteiger partial charge on any atom is 0.156 e. The molecule has 0 spiro atoms. The second-order valence-electron chi connectivity index (χ2n) is 4.65. The van der Waals surface area contributed by atoms with Crippen LogP contribution in [0.5, 0.6) is 0 Å². The average Bonchev–Trinajstić information content (AvgIpc) is 2.84. The molecule has 0 aliphatic rings. The van der Waals surface area contributed by atoms with Crippen LogP contribution in [0.25, 0.3) is 16.9 Å². The Morgan fingerprint density at radius 1 is 1.10 bits per heavy atom. The van der Waals surface area contributed by atoms with E-state index < -0.39 is 11.6 Å². The van der Waals surface area contributed by atoms with Crippen molar-refractivity contribution in [1.29, 1.82) is 0 Å². The van der Waals surface area contributed by atoms with Crippen LogP contribution in [0.4, 0.5) is 14.6 Å². The summed E-state index contributed by atoms with van der Waals surface area (Å²) in [6.07, 6.45) is 0. The second-order valence-corrected chi connectivity index (χ2v) is 4.65. The zero-order valence-corrected chi connectivity index (χ0v) is 11.2. The predicted octanol–water partition coefficient (Wildman–Crippen LogP) is 3.10. The first kappa shape index (κ1) is 13.2. The Bertz CT molecular complexity index is 811. The predicted molar refractivity (Wildman–Crippen MR) is 75.9 cm³/mol. The van der Waals surface area contributed by atoms with Gasteiger partial charge in [-0.1, -0.05) is 23.4 Å².